The molecule has 7 nitrogen and oxygen atoms in total. The van der Waals surface area contributed by atoms with E-state index in [9.17, 15) is 17.6 Å². The van der Waals surface area contributed by atoms with Gasteiger partial charge >= 0.3 is 0 Å². The van der Waals surface area contributed by atoms with E-state index in [1.807, 2.05) is 0 Å². The van der Waals surface area contributed by atoms with Crippen molar-refractivity contribution in [1.82, 2.24) is 10.2 Å². The normalized spacial score (nSPS) is 11.2. The Balaban J connectivity index is 1.91. The Kier molecular flexibility index (Phi) is 5.03. The molecule has 0 aliphatic rings. The van der Waals surface area contributed by atoms with Gasteiger partial charge in [0, 0.05) is 0 Å². The van der Waals surface area contributed by atoms with Crippen molar-refractivity contribution in [2.45, 2.75) is 11.3 Å². The SMILES string of the molecule is CCS(=O)(=O)c1nnc(NC(=O)COc2ccc(F)cc2)s1. The summed E-state index contributed by atoms with van der Waals surface area (Å²) >= 11 is 0.769. The standard InChI is InChI=1S/C12H12FN3O4S2/c1-2-22(18,19)12-16-15-11(21-12)14-10(17)7-20-9-5-3-8(13)4-6-9/h3-6H,2,7H2,1H3,(H,14,15,17). The van der Waals surface area contributed by atoms with Crippen molar-refractivity contribution < 1.29 is 22.3 Å². The van der Waals surface area contributed by atoms with Gasteiger partial charge in [-0.25, -0.2) is 12.8 Å². The number of benzene rings is 1. The Morgan fingerprint density at radius 3 is 2.64 bits per heavy atom. The summed E-state index contributed by atoms with van der Waals surface area (Å²) in [5.41, 5.74) is 0. The maximum atomic E-state index is 12.7. The van der Waals surface area contributed by atoms with Crippen molar-refractivity contribution in [3.05, 3.63) is 30.1 Å². The van der Waals surface area contributed by atoms with E-state index >= 15 is 0 Å². The van der Waals surface area contributed by atoms with E-state index in [4.69, 9.17) is 4.74 Å². The van der Waals surface area contributed by atoms with Crippen LogP contribution < -0.4 is 10.1 Å². The number of aromatic nitrogens is 2. The Morgan fingerprint density at radius 1 is 1.32 bits per heavy atom. The van der Waals surface area contributed by atoms with Gasteiger partial charge in [-0.05, 0) is 24.3 Å². The number of nitrogens with one attached hydrogen (secondary N) is 1. The van der Waals surface area contributed by atoms with Gasteiger partial charge < -0.3 is 4.74 Å². The third-order valence-corrected chi connectivity index (χ3v) is 5.50. The molecule has 10 heteroatoms. The minimum absolute atomic E-state index is 0.0692. The predicted molar refractivity (Wildman–Crippen MR) is 78.2 cm³/mol. The fourth-order valence-electron chi connectivity index (χ4n) is 1.34. The number of amides is 1. The molecule has 0 atom stereocenters. The second-order valence-electron chi connectivity index (χ2n) is 4.07. The summed E-state index contributed by atoms with van der Waals surface area (Å²) in [6, 6.07) is 5.19. The highest BCUT2D eigenvalue weighted by atomic mass is 32.2. The van der Waals surface area contributed by atoms with E-state index in [1.54, 1.807) is 0 Å². The molecule has 0 radical (unpaired) electrons. The molecule has 118 valence electrons. The number of hydrogen-bond acceptors (Lipinski definition) is 7. The lowest BCUT2D eigenvalue weighted by atomic mass is 10.3. The fraction of sp³-hybridized carbons (Fsp3) is 0.250. The first-order valence-electron chi connectivity index (χ1n) is 6.15. The Morgan fingerprint density at radius 2 is 2.00 bits per heavy atom. The van der Waals surface area contributed by atoms with Crippen LogP contribution in [0.4, 0.5) is 9.52 Å². The van der Waals surface area contributed by atoms with Gasteiger partial charge in [0.05, 0.1) is 5.75 Å². The first-order chi connectivity index (χ1) is 10.4. The van der Waals surface area contributed by atoms with Crippen LogP contribution in [0.1, 0.15) is 6.92 Å². The van der Waals surface area contributed by atoms with Crippen LogP contribution in [-0.4, -0.2) is 36.9 Å². The molecule has 1 heterocycles. The van der Waals surface area contributed by atoms with E-state index in [0.29, 0.717) is 5.75 Å². The molecule has 2 aromatic rings. The fourth-order valence-corrected chi connectivity index (χ4v) is 3.35. The van der Waals surface area contributed by atoms with Crippen molar-refractivity contribution >= 4 is 32.2 Å². The topological polar surface area (TPSA) is 98.3 Å². The molecule has 0 saturated heterocycles. The average Bonchev–Trinajstić information content (AvgIpc) is 2.96. The number of nitrogens with zero attached hydrogens (tertiary/aromatic N) is 2. The molecule has 1 N–H and O–H groups in total. The zero-order valence-electron chi connectivity index (χ0n) is 11.4. The number of rotatable bonds is 6. The minimum Gasteiger partial charge on any atom is -0.484 e. The lowest BCUT2D eigenvalue weighted by molar-refractivity contribution is -0.118. The third-order valence-electron chi connectivity index (χ3n) is 2.48. The summed E-state index contributed by atoms with van der Waals surface area (Å²) in [5, 5.41) is 9.56. The number of anilines is 1. The van der Waals surface area contributed by atoms with Crippen LogP contribution in [-0.2, 0) is 14.6 Å². The van der Waals surface area contributed by atoms with Gasteiger partial charge in [-0.1, -0.05) is 18.3 Å². The Labute approximate surface area is 130 Å². The van der Waals surface area contributed by atoms with Gasteiger partial charge in [0.2, 0.25) is 19.3 Å². The number of hydrogen-bond donors (Lipinski definition) is 1. The second kappa shape index (κ2) is 6.79. The molecule has 1 aromatic carbocycles. The number of sulfone groups is 1. The molecule has 2 rings (SSSR count). The molecule has 0 fully saturated rings. The van der Waals surface area contributed by atoms with Crippen LogP contribution in [0.5, 0.6) is 5.75 Å². The van der Waals surface area contributed by atoms with E-state index in [1.165, 1.54) is 31.2 Å². The first kappa shape index (κ1) is 16.3. The van der Waals surface area contributed by atoms with Crippen LogP contribution in [0.3, 0.4) is 0 Å². The first-order valence-corrected chi connectivity index (χ1v) is 8.62. The van der Waals surface area contributed by atoms with Crippen LogP contribution in [0.2, 0.25) is 0 Å². The maximum absolute atomic E-state index is 12.7. The highest BCUT2D eigenvalue weighted by molar-refractivity contribution is 7.93. The van der Waals surface area contributed by atoms with Crippen molar-refractivity contribution in [3.63, 3.8) is 0 Å². The highest BCUT2D eigenvalue weighted by Gasteiger charge is 2.18. The van der Waals surface area contributed by atoms with Gasteiger partial charge in [0.25, 0.3) is 5.91 Å². The Hall–Kier alpha value is -2.07. The molecular weight excluding hydrogens is 333 g/mol. The lowest BCUT2D eigenvalue weighted by Gasteiger charge is -2.05. The lowest BCUT2D eigenvalue weighted by Crippen LogP contribution is -2.20. The minimum atomic E-state index is -3.45. The van der Waals surface area contributed by atoms with Gasteiger partial charge in [-0.15, -0.1) is 10.2 Å². The molecule has 0 aliphatic heterocycles. The molecule has 0 aliphatic carbocycles. The van der Waals surface area contributed by atoms with E-state index in [0.717, 1.165) is 11.3 Å². The molecule has 1 aromatic heterocycles. The summed E-state index contributed by atoms with van der Waals surface area (Å²) in [6.45, 7) is 1.17. The van der Waals surface area contributed by atoms with Crippen molar-refractivity contribution in [2.75, 3.05) is 17.7 Å². The van der Waals surface area contributed by atoms with E-state index in [2.05, 4.69) is 15.5 Å². The number of carbonyl (C=O) groups is 1. The largest absolute Gasteiger partial charge is 0.484 e. The van der Waals surface area contributed by atoms with Gasteiger partial charge in [0.1, 0.15) is 11.6 Å². The van der Waals surface area contributed by atoms with Crippen molar-refractivity contribution in [1.29, 1.82) is 0 Å². The third kappa shape index (κ3) is 4.21. The second-order valence-corrected chi connectivity index (χ2v) is 7.50. The molecule has 1 amide bonds. The summed E-state index contributed by atoms with van der Waals surface area (Å²) in [6.07, 6.45) is 0. The molecule has 0 spiro atoms. The van der Waals surface area contributed by atoms with Crippen LogP contribution in [0.15, 0.2) is 28.6 Å². The van der Waals surface area contributed by atoms with Gasteiger partial charge in [0.15, 0.2) is 6.61 Å². The number of carbonyl (C=O) groups excluding carboxylic acids is 1. The van der Waals surface area contributed by atoms with Crippen LogP contribution in [0.25, 0.3) is 0 Å². The van der Waals surface area contributed by atoms with Crippen molar-refractivity contribution in [2.24, 2.45) is 0 Å². The van der Waals surface area contributed by atoms with Crippen LogP contribution in [0, 0.1) is 5.82 Å². The number of ether oxygens (including phenoxy) is 1. The average molecular weight is 345 g/mol. The smallest absolute Gasteiger partial charge is 0.264 e. The highest BCUT2D eigenvalue weighted by Crippen LogP contribution is 2.20. The molecular formula is C12H12FN3O4S2. The summed E-state index contributed by atoms with van der Waals surface area (Å²) in [7, 11) is -3.45. The summed E-state index contributed by atoms with van der Waals surface area (Å²) in [4.78, 5) is 11.7. The van der Waals surface area contributed by atoms with E-state index < -0.39 is 21.6 Å². The molecule has 22 heavy (non-hydrogen) atoms. The molecule has 0 bridgehead atoms. The summed E-state index contributed by atoms with van der Waals surface area (Å²) in [5.74, 6) is -0.692. The monoisotopic (exact) mass is 345 g/mol. The van der Waals surface area contributed by atoms with Gasteiger partial charge in [-0.2, -0.15) is 0 Å². The number of halogens is 1. The van der Waals surface area contributed by atoms with Crippen molar-refractivity contribution in [3.8, 4) is 5.75 Å². The van der Waals surface area contributed by atoms with E-state index in [-0.39, 0.29) is 21.8 Å². The zero-order valence-corrected chi connectivity index (χ0v) is 13.1. The Bertz CT molecular complexity index is 759. The quantitative estimate of drug-likeness (QED) is 0.797. The van der Waals surface area contributed by atoms with Gasteiger partial charge in [-0.3, -0.25) is 10.1 Å². The predicted octanol–water partition coefficient (Wildman–Crippen LogP) is 1.49. The summed E-state index contributed by atoms with van der Waals surface area (Å²) < 4.78 is 40.9. The zero-order chi connectivity index (χ0) is 16.2. The molecule has 0 unspecified atom stereocenters. The molecule has 0 saturated carbocycles. The van der Waals surface area contributed by atoms with Crippen LogP contribution >= 0.6 is 11.3 Å². The maximum Gasteiger partial charge on any atom is 0.264 e.